The van der Waals surface area contributed by atoms with Crippen LogP contribution in [0.5, 0.6) is 0 Å². The van der Waals surface area contributed by atoms with Gasteiger partial charge in [-0.25, -0.2) is 9.97 Å². The van der Waals surface area contributed by atoms with Gasteiger partial charge in [-0.15, -0.1) is 0 Å². The molecule has 0 spiro atoms. The number of hydrogen-bond donors (Lipinski definition) is 1. The summed E-state index contributed by atoms with van der Waals surface area (Å²) in [5, 5.41) is 3.16. The zero-order valence-electron chi connectivity index (χ0n) is 9.81. The fourth-order valence-electron chi connectivity index (χ4n) is 1.50. The summed E-state index contributed by atoms with van der Waals surface area (Å²) in [6, 6.07) is 8.38. The molecule has 1 aromatic heterocycles. The van der Waals surface area contributed by atoms with E-state index in [1.807, 2.05) is 36.7 Å². The van der Waals surface area contributed by atoms with Crippen LogP contribution in [0.1, 0.15) is 13.8 Å². The van der Waals surface area contributed by atoms with Gasteiger partial charge in [0, 0.05) is 28.5 Å². The Labute approximate surface area is 109 Å². The van der Waals surface area contributed by atoms with E-state index in [1.54, 1.807) is 0 Å². The average molecular weight is 292 g/mol. The average Bonchev–Trinajstić information content (AvgIpc) is 2.30. The van der Waals surface area contributed by atoms with Gasteiger partial charge in [-0.1, -0.05) is 34.1 Å². The highest BCUT2D eigenvalue weighted by Gasteiger charge is 2.04. The number of rotatable bonds is 3. The third-order valence-electron chi connectivity index (χ3n) is 2.25. The minimum Gasteiger partial charge on any atom is -0.352 e. The number of nitrogens with zero attached hydrogens (tertiary/aromatic N) is 2. The summed E-state index contributed by atoms with van der Waals surface area (Å²) in [7, 11) is 0. The fourth-order valence-corrected chi connectivity index (χ4v) is 2.01. The molecule has 1 N–H and O–H groups in total. The summed E-state index contributed by atoms with van der Waals surface area (Å²) in [4.78, 5) is 8.59. The Morgan fingerprint density at radius 1 is 1.12 bits per heavy atom. The van der Waals surface area contributed by atoms with Gasteiger partial charge in [-0.2, -0.15) is 0 Å². The topological polar surface area (TPSA) is 37.8 Å². The van der Waals surface area contributed by atoms with Crippen molar-refractivity contribution >= 4 is 21.9 Å². The van der Waals surface area contributed by atoms with Crippen LogP contribution < -0.4 is 5.32 Å². The predicted molar refractivity (Wildman–Crippen MR) is 73.9 cm³/mol. The summed E-state index contributed by atoms with van der Waals surface area (Å²) in [6.45, 7) is 4.12. The first kappa shape index (κ1) is 12.0. The Balaban J connectivity index is 2.27. The molecule has 0 atom stereocenters. The molecule has 0 saturated carbocycles. The number of hydrogen-bond acceptors (Lipinski definition) is 3. The van der Waals surface area contributed by atoms with Crippen molar-refractivity contribution in [1.82, 2.24) is 9.97 Å². The highest BCUT2D eigenvalue weighted by Crippen LogP contribution is 2.26. The molecule has 88 valence electrons. The second-order valence-corrected chi connectivity index (χ2v) is 4.93. The minimum absolute atomic E-state index is 0.337. The number of anilines is 1. The van der Waals surface area contributed by atoms with Gasteiger partial charge in [0.05, 0.1) is 0 Å². The third-order valence-corrected chi connectivity index (χ3v) is 2.95. The molecule has 0 aliphatic rings. The van der Waals surface area contributed by atoms with Crippen LogP contribution in [0.4, 0.5) is 5.95 Å². The van der Waals surface area contributed by atoms with Crippen molar-refractivity contribution in [3.05, 3.63) is 41.1 Å². The van der Waals surface area contributed by atoms with E-state index >= 15 is 0 Å². The lowest BCUT2D eigenvalue weighted by Crippen LogP contribution is -2.12. The number of aromatic nitrogens is 2. The first-order valence-electron chi connectivity index (χ1n) is 5.50. The first-order chi connectivity index (χ1) is 8.16. The molecule has 4 heteroatoms. The van der Waals surface area contributed by atoms with Crippen molar-refractivity contribution in [2.75, 3.05) is 5.32 Å². The molecule has 0 aliphatic heterocycles. The van der Waals surface area contributed by atoms with Crippen molar-refractivity contribution in [1.29, 1.82) is 0 Å². The second kappa shape index (κ2) is 5.27. The molecule has 2 aromatic rings. The molecule has 1 aromatic carbocycles. The number of benzene rings is 1. The van der Waals surface area contributed by atoms with Crippen LogP contribution in [0.2, 0.25) is 0 Å². The Bertz CT molecular complexity index is 494. The molecule has 0 unspecified atom stereocenters. The van der Waals surface area contributed by atoms with Gasteiger partial charge in [0.1, 0.15) is 0 Å². The van der Waals surface area contributed by atoms with Gasteiger partial charge in [0.15, 0.2) is 0 Å². The van der Waals surface area contributed by atoms with Gasteiger partial charge >= 0.3 is 0 Å². The van der Waals surface area contributed by atoms with Crippen LogP contribution in [-0.2, 0) is 0 Å². The predicted octanol–water partition coefficient (Wildman–Crippen LogP) is 3.73. The van der Waals surface area contributed by atoms with E-state index in [4.69, 9.17) is 0 Å². The zero-order valence-corrected chi connectivity index (χ0v) is 11.4. The lowest BCUT2D eigenvalue weighted by Gasteiger charge is -2.08. The monoisotopic (exact) mass is 291 g/mol. The molecule has 0 radical (unpaired) electrons. The highest BCUT2D eigenvalue weighted by molar-refractivity contribution is 9.10. The Hall–Kier alpha value is -1.42. The Morgan fingerprint density at radius 2 is 1.76 bits per heavy atom. The molecule has 0 aliphatic carbocycles. The molecular weight excluding hydrogens is 278 g/mol. The molecule has 0 fully saturated rings. The number of halogens is 1. The Kier molecular flexibility index (Phi) is 3.74. The van der Waals surface area contributed by atoms with Crippen molar-refractivity contribution in [3.63, 3.8) is 0 Å². The summed E-state index contributed by atoms with van der Waals surface area (Å²) in [5.41, 5.74) is 2.11. The van der Waals surface area contributed by atoms with E-state index < -0.39 is 0 Å². The maximum Gasteiger partial charge on any atom is 0.222 e. The van der Waals surface area contributed by atoms with Crippen LogP contribution in [0, 0.1) is 0 Å². The standard InChI is InChI=1S/C13H14BrN3/c1-9(2)17-13-15-7-10(8-16-13)11-5-3-4-6-12(11)14/h3-9H,1-2H3,(H,15,16,17). The normalized spacial score (nSPS) is 10.6. The molecule has 1 heterocycles. The molecule has 17 heavy (non-hydrogen) atoms. The van der Waals surface area contributed by atoms with E-state index in [0.717, 1.165) is 15.6 Å². The van der Waals surface area contributed by atoms with Gasteiger partial charge in [-0.3, -0.25) is 0 Å². The van der Waals surface area contributed by atoms with E-state index in [2.05, 4.69) is 45.1 Å². The molecular formula is C13H14BrN3. The molecule has 0 saturated heterocycles. The third kappa shape index (κ3) is 3.03. The van der Waals surface area contributed by atoms with E-state index in [-0.39, 0.29) is 0 Å². The zero-order chi connectivity index (χ0) is 12.3. The molecule has 0 bridgehead atoms. The maximum absolute atomic E-state index is 4.29. The Morgan fingerprint density at radius 3 is 2.35 bits per heavy atom. The van der Waals surface area contributed by atoms with Crippen LogP contribution in [0.15, 0.2) is 41.1 Å². The fraction of sp³-hybridized carbons (Fsp3) is 0.231. The summed E-state index contributed by atoms with van der Waals surface area (Å²) in [6.07, 6.45) is 3.66. The van der Waals surface area contributed by atoms with Crippen LogP contribution >= 0.6 is 15.9 Å². The van der Waals surface area contributed by atoms with E-state index in [0.29, 0.717) is 12.0 Å². The first-order valence-corrected chi connectivity index (χ1v) is 6.29. The molecule has 2 rings (SSSR count). The summed E-state index contributed by atoms with van der Waals surface area (Å²) in [5.74, 6) is 0.663. The number of nitrogens with one attached hydrogen (secondary N) is 1. The largest absolute Gasteiger partial charge is 0.352 e. The van der Waals surface area contributed by atoms with Crippen LogP contribution in [0.3, 0.4) is 0 Å². The van der Waals surface area contributed by atoms with Gasteiger partial charge < -0.3 is 5.32 Å². The van der Waals surface area contributed by atoms with Gasteiger partial charge in [0.25, 0.3) is 0 Å². The van der Waals surface area contributed by atoms with Crippen molar-refractivity contribution in [2.45, 2.75) is 19.9 Å². The highest BCUT2D eigenvalue weighted by atomic mass is 79.9. The minimum atomic E-state index is 0.337. The van der Waals surface area contributed by atoms with Gasteiger partial charge in [0.2, 0.25) is 5.95 Å². The van der Waals surface area contributed by atoms with Crippen molar-refractivity contribution < 1.29 is 0 Å². The maximum atomic E-state index is 4.29. The van der Waals surface area contributed by atoms with E-state index in [1.165, 1.54) is 0 Å². The van der Waals surface area contributed by atoms with Crippen LogP contribution in [0.25, 0.3) is 11.1 Å². The SMILES string of the molecule is CC(C)Nc1ncc(-c2ccccc2Br)cn1. The molecule has 0 amide bonds. The smallest absolute Gasteiger partial charge is 0.222 e. The quantitative estimate of drug-likeness (QED) is 0.936. The lowest BCUT2D eigenvalue weighted by atomic mass is 10.1. The van der Waals surface area contributed by atoms with Gasteiger partial charge in [-0.05, 0) is 25.5 Å². The molecule has 3 nitrogen and oxygen atoms in total. The summed E-state index contributed by atoms with van der Waals surface area (Å²) < 4.78 is 1.05. The van der Waals surface area contributed by atoms with Crippen LogP contribution in [-0.4, -0.2) is 16.0 Å². The lowest BCUT2D eigenvalue weighted by molar-refractivity contribution is 0.874. The van der Waals surface area contributed by atoms with Crippen molar-refractivity contribution in [3.8, 4) is 11.1 Å². The van der Waals surface area contributed by atoms with Crippen molar-refractivity contribution in [2.24, 2.45) is 0 Å². The van der Waals surface area contributed by atoms with E-state index in [9.17, 15) is 0 Å². The second-order valence-electron chi connectivity index (χ2n) is 4.07. The summed E-state index contributed by atoms with van der Waals surface area (Å²) >= 11 is 3.52.